The first-order chi connectivity index (χ1) is 9.61. The zero-order chi connectivity index (χ0) is 14.5. The summed E-state index contributed by atoms with van der Waals surface area (Å²) in [5.41, 5.74) is 1.47. The lowest BCUT2D eigenvalue weighted by Crippen LogP contribution is -2.15. The molecule has 1 amide bonds. The molecule has 0 atom stereocenters. The van der Waals surface area contributed by atoms with Crippen molar-refractivity contribution in [3.05, 3.63) is 64.4 Å². The zero-order valence-electron chi connectivity index (χ0n) is 10.9. The van der Waals surface area contributed by atoms with Gasteiger partial charge in [0.1, 0.15) is 5.82 Å². The Balaban J connectivity index is 2.21. The average molecular weight is 293 g/mol. The van der Waals surface area contributed by atoms with E-state index in [0.29, 0.717) is 12.2 Å². The molecule has 0 aromatic heterocycles. The largest absolute Gasteiger partial charge is 0.322 e. The van der Waals surface area contributed by atoms with Crippen LogP contribution in [0.5, 0.6) is 0 Å². The fourth-order valence-electron chi connectivity index (χ4n) is 1.87. The van der Waals surface area contributed by atoms with Crippen molar-refractivity contribution in [3.8, 4) is 0 Å². The molecule has 5 heteroatoms. The van der Waals surface area contributed by atoms with Gasteiger partial charge in [0.2, 0.25) is 0 Å². The van der Waals surface area contributed by atoms with Crippen molar-refractivity contribution >= 4 is 23.2 Å². The number of hydrogen-bond acceptors (Lipinski definition) is 2. The third-order valence-electron chi connectivity index (χ3n) is 2.76. The Labute approximate surface area is 121 Å². The minimum absolute atomic E-state index is 0.0916. The summed E-state index contributed by atoms with van der Waals surface area (Å²) in [6.07, 6.45) is 0. The molecule has 0 bridgehead atoms. The first-order valence-electron chi connectivity index (χ1n) is 6.10. The lowest BCUT2D eigenvalue weighted by molar-refractivity contribution is 0.102. The Bertz CT molecular complexity index is 611. The van der Waals surface area contributed by atoms with Crippen LogP contribution in [-0.4, -0.2) is 13.0 Å². The normalized spacial score (nSPS) is 10.3. The van der Waals surface area contributed by atoms with E-state index >= 15 is 0 Å². The van der Waals surface area contributed by atoms with E-state index in [1.54, 1.807) is 6.07 Å². The number of carbonyl (C=O) groups is 1. The zero-order valence-corrected chi connectivity index (χ0v) is 11.7. The van der Waals surface area contributed by atoms with Gasteiger partial charge in [0.25, 0.3) is 5.91 Å². The Hall–Kier alpha value is -1.91. The summed E-state index contributed by atoms with van der Waals surface area (Å²) < 4.78 is 13.6. The highest BCUT2D eigenvalue weighted by Crippen LogP contribution is 2.20. The molecule has 0 saturated heterocycles. The number of halogens is 2. The summed E-state index contributed by atoms with van der Waals surface area (Å²) in [5, 5.41) is 5.76. The molecule has 0 spiro atoms. The van der Waals surface area contributed by atoms with Gasteiger partial charge in [-0.1, -0.05) is 29.8 Å². The Morgan fingerprint density at radius 1 is 1.25 bits per heavy atom. The molecule has 0 aliphatic rings. The molecule has 2 N–H and O–H groups in total. The number of carbonyl (C=O) groups excluding carboxylic acids is 1. The van der Waals surface area contributed by atoms with Gasteiger partial charge < -0.3 is 10.6 Å². The SMILES string of the molecule is CNCc1cccc(NC(=O)c2c(F)cccc2Cl)c1. The number of amides is 1. The maximum Gasteiger partial charge on any atom is 0.260 e. The van der Waals surface area contributed by atoms with Gasteiger partial charge in [0, 0.05) is 12.2 Å². The van der Waals surface area contributed by atoms with Crippen LogP contribution < -0.4 is 10.6 Å². The standard InChI is InChI=1S/C15H14ClFN2O/c1-18-9-10-4-2-5-11(8-10)19-15(20)14-12(16)6-3-7-13(14)17/h2-8,18H,9H2,1H3,(H,19,20). The Morgan fingerprint density at radius 3 is 2.70 bits per heavy atom. The van der Waals surface area contributed by atoms with E-state index in [1.807, 2.05) is 25.2 Å². The van der Waals surface area contributed by atoms with E-state index in [0.717, 1.165) is 5.56 Å². The molecular formula is C15H14ClFN2O. The molecule has 0 unspecified atom stereocenters. The summed E-state index contributed by atoms with van der Waals surface area (Å²) in [5.74, 6) is -1.20. The molecule has 2 aromatic carbocycles. The Kier molecular flexibility index (Phi) is 4.71. The predicted molar refractivity (Wildman–Crippen MR) is 78.6 cm³/mol. The number of hydrogen-bond donors (Lipinski definition) is 2. The first-order valence-corrected chi connectivity index (χ1v) is 6.48. The third-order valence-corrected chi connectivity index (χ3v) is 3.07. The number of nitrogens with one attached hydrogen (secondary N) is 2. The van der Waals surface area contributed by atoms with Crippen molar-refractivity contribution in [3.63, 3.8) is 0 Å². The third kappa shape index (κ3) is 3.35. The van der Waals surface area contributed by atoms with Crippen molar-refractivity contribution in [1.82, 2.24) is 5.32 Å². The summed E-state index contributed by atoms with van der Waals surface area (Å²) in [6, 6.07) is 11.5. The van der Waals surface area contributed by atoms with Crippen LogP contribution in [0, 0.1) is 5.82 Å². The average Bonchev–Trinajstić information content (AvgIpc) is 2.39. The molecule has 20 heavy (non-hydrogen) atoms. The second-order valence-electron chi connectivity index (χ2n) is 4.28. The molecular weight excluding hydrogens is 279 g/mol. The molecule has 0 radical (unpaired) electrons. The van der Waals surface area contributed by atoms with Crippen LogP contribution >= 0.6 is 11.6 Å². The highest BCUT2D eigenvalue weighted by Gasteiger charge is 2.15. The second-order valence-corrected chi connectivity index (χ2v) is 4.69. The quantitative estimate of drug-likeness (QED) is 0.906. The molecule has 0 saturated carbocycles. The number of rotatable bonds is 4. The maximum atomic E-state index is 13.6. The van der Waals surface area contributed by atoms with Gasteiger partial charge in [-0.3, -0.25) is 4.79 Å². The van der Waals surface area contributed by atoms with Gasteiger partial charge in [-0.05, 0) is 36.9 Å². The smallest absolute Gasteiger partial charge is 0.260 e. The molecule has 0 heterocycles. The first kappa shape index (κ1) is 14.5. The van der Waals surface area contributed by atoms with Gasteiger partial charge in [-0.25, -0.2) is 4.39 Å². The molecule has 2 aromatic rings. The molecule has 0 aliphatic carbocycles. The topological polar surface area (TPSA) is 41.1 Å². The molecule has 0 aliphatic heterocycles. The van der Waals surface area contributed by atoms with Crippen molar-refractivity contribution in [1.29, 1.82) is 0 Å². The molecule has 104 valence electrons. The molecule has 0 fully saturated rings. The van der Waals surface area contributed by atoms with Crippen LogP contribution in [-0.2, 0) is 6.54 Å². The van der Waals surface area contributed by atoms with Crippen LogP contribution in [0.1, 0.15) is 15.9 Å². The molecule has 2 rings (SSSR count). The summed E-state index contributed by atoms with van der Waals surface area (Å²) in [6.45, 7) is 0.685. The summed E-state index contributed by atoms with van der Waals surface area (Å²) >= 11 is 5.86. The minimum Gasteiger partial charge on any atom is -0.322 e. The van der Waals surface area contributed by atoms with Crippen LogP contribution in [0.25, 0.3) is 0 Å². The minimum atomic E-state index is -0.638. The van der Waals surface area contributed by atoms with E-state index in [-0.39, 0.29) is 10.6 Å². The fraction of sp³-hybridized carbons (Fsp3) is 0.133. The highest BCUT2D eigenvalue weighted by molar-refractivity contribution is 6.34. The van der Waals surface area contributed by atoms with Gasteiger partial charge in [0.15, 0.2) is 0 Å². The lowest BCUT2D eigenvalue weighted by atomic mass is 10.1. The van der Waals surface area contributed by atoms with Gasteiger partial charge in [-0.2, -0.15) is 0 Å². The number of anilines is 1. The van der Waals surface area contributed by atoms with Gasteiger partial charge in [0.05, 0.1) is 10.6 Å². The van der Waals surface area contributed by atoms with E-state index in [1.165, 1.54) is 18.2 Å². The summed E-state index contributed by atoms with van der Waals surface area (Å²) in [4.78, 5) is 12.1. The van der Waals surface area contributed by atoms with Crippen LogP contribution in [0.15, 0.2) is 42.5 Å². The van der Waals surface area contributed by atoms with E-state index < -0.39 is 11.7 Å². The van der Waals surface area contributed by atoms with Crippen LogP contribution in [0.3, 0.4) is 0 Å². The van der Waals surface area contributed by atoms with Crippen molar-refractivity contribution in [2.45, 2.75) is 6.54 Å². The summed E-state index contributed by atoms with van der Waals surface area (Å²) in [7, 11) is 1.84. The monoisotopic (exact) mass is 292 g/mol. The highest BCUT2D eigenvalue weighted by atomic mass is 35.5. The van der Waals surface area contributed by atoms with Crippen molar-refractivity contribution in [2.75, 3.05) is 12.4 Å². The predicted octanol–water partition coefficient (Wildman–Crippen LogP) is 3.45. The number of benzene rings is 2. The Morgan fingerprint density at radius 2 is 2.00 bits per heavy atom. The fourth-order valence-corrected chi connectivity index (χ4v) is 2.12. The lowest BCUT2D eigenvalue weighted by Gasteiger charge is -2.09. The van der Waals surface area contributed by atoms with E-state index in [4.69, 9.17) is 11.6 Å². The van der Waals surface area contributed by atoms with Crippen molar-refractivity contribution < 1.29 is 9.18 Å². The van der Waals surface area contributed by atoms with Crippen molar-refractivity contribution in [2.24, 2.45) is 0 Å². The van der Waals surface area contributed by atoms with E-state index in [9.17, 15) is 9.18 Å². The van der Waals surface area contributed by atoms with Gasteiger partial charge >= 0.3 is 0 Å². The van der Waals surface area contributed by atoms with Crippen LogP contribution in [0.2, 0.25) is 5.02 Å². The van der Waals surface area contributed by atoms with E-state index in [2.05, 4.69) is 10.6 Å². The maximum absolute atomic E-state index is 13.6. The molecule has 3 nitrogen and oxygen atoms in total. The van der Waals surface area contributed by atoms with Crippen LogP contribution in [0.4, 0.5) is 10.1 Å². The van der Waals surface area contributed by atoms with Gasteiger partial charge in [-0.15, -0.1) is 0 Å². The second kappa shape index (κ2) is 6.50.